The van der Waals surface area contributed by atoms with Crippen LogP contribution in [0.3, 0.4) is 0 Å². The lowest BCUT2D eigenvalue weighted by Gasteiger charge is -2.13. The first-order valence-electron chi connectivity index (χ1n) is 5.94. The molecule has 1 aliphatic carbocycles. The number of alkyl halides is 1. The third kappa shape index (κ3) is 2.52. The van der Waals surface area contributed by atoms with Gasteiger partial charge in [0, 0.05) is 11.2 Å². The predicted octanol–water partition coefficient (Wildman–Crippen LogP) is 5.10. The van der Waals surface area contributed by atoms with Crippen LogP contribution in [0.5, 0.6) is 0 Å². The molecule has 0 heterocycles. The Morgan fingerprint density at radius 1 is 1.39 bits per heavy atom. The van der Waals surface area contributed by atoms with Crippen molar-refractivity contribution >= 4 is 29.4 Å². The zero-order valence-corrected chi connectivity index (χ0v) is 11.8. The molecule has 1 atom stereocenters. The molecule has 0 spiro atoms. The van der Waals surface area contributed by atoms with Crippen LogP contribution >= 0.6 is 23.2 Å². The molecule has 18 heavy (non-hydrogen) atoms. The first-order chi connectivity index (χ1) is 8.67. The summed E-state index contributed by atoms with van der Waals surface area (Å²) in [5, 5.41) is 0.518. The van der Waals surface area contributed by atoms with Gasteiger partial charge in [-0.15, -0.1) is 11.6 Å². The molecule has 0 aromatic heterocycles. The Balaban J connectivity index is 2.54. The standard InChI is InChI=1S/C15H15Cl2N/c1-3-10-5-6-11-9-12(16)7-8-13(11)14(17)15(10)18-4-2/h3-4,7-9,14H,1,5-6H2,2H3. The highest BCUT2D eigenvalue weighted by atomic mass is 35.5. The van der Waals surface area contributed by atoms with Crippen LogP contribution in [0, 0.1) is 0 Å². The molecule has 0 fully saturated rings. The number of hydrogen-bond acceptors (Lipinski definition) is 1. The first-order valence-corrected chi connectivity index (χ1v) is 6.75. The predicted molar refractivity (Wildman–Crippen MR) is 79.8 cm³/mol. The summed E-state index contributed by atoms with van der Waals surface area (Å²) in [6.07, 6.45) is 5.44. The van der Waals surface area contributed by atoms with E-state index in [1.54, 1.807) is 6.21 Å². The van der Waals surface area contributed by atoms with Gasteiger partial charge in [0.25, 0.3) is 0 Å². The molecule has 0 amide bonds. The van der Waals surface area contributed by atoms with Gasteiger partial charge in [0.2, 0.25) is 0 Å². The van der Waals surface area contributed by atoms with Crippen molar-refractivity contribution < 1.29 is 0 Å². The fraction of sp³-hybridized carbons (Fsp3) is 0.267. The van der Waals surface area contributed by atoms with Crippen molar-refractivity contribution in [2.24, 2.45) is 4.99 Å². The second kappa shape index (κ2) is 5.73. The summed E-state index contributed by atoms with van der Waals surface area (Å²) in [6, 6.07) is 5.86. The number of fused-ring (bicyclic) bond motifs is 1. The fourth-order valence-electron chi connectivity index (χ4n) is 2.24. The van der Waals surface area contributed by atoms with E-state index in [2.05, 4.69) is 11.6 Å². The maximum atomic E-state index is 6.56. The number of rotatable bonds is 2. The normalized spacial score (nSPS) is 19.8. The van der Waals surface area contributed by atoms with Gasteiger partial charge in [-0.05, 0) is 48.6 Å². The maximum absolute atomic E-state index is 6.56. The monoisotopic (exact) mass is 279 g/mol. The van der Waals surface area contributed by atoms with Crippen molar-refractivity contribution in [1.29, 1.82) is 0 Å². The average molecular weight is 280 g/mol. The van der Waals surface area contributed by atoms with Crippen molar-refractivity contribution in [3.8, 4) is 0 Å². The fourth-order valence-corrected chi connectivity index (χ4v) is 2.84. The summed E-state index contributed by atoms with van der Waals surface area (Å²) in [4.78, 5) is 4.42. The number of allylic oxidation sites excluding steroid dienone is 3. The minimum absolute atomic E-state index is 0.232. The van der Waals surface area contributed by atoms with Crippen molar-refractivity contribution in [1.82, 2.24) is 0 Å². The van der Waals surface area contributed by atoms with Crippen LogP contribution in [0.1, 0.15) is 29.8 Å². The molecule has 0 radical (unpaired) electrons. The Bertz CT molecular complexity index is 529. The quantitative estimate of drug-likeness (QED) is 0.528. The van der Waals surface area contributed by atoms with E-state index >= 15 is 0 Å². The Morgan fingerprint density at radius 3 is 2.83 bits per heavy atom. The molecular formula is C15H15Cl2N. The lowest BCUT2D eigenvalue weighted by atomic mass is 10.0. The first kappa shape index (κ1) is 13.4. The molecule has 3 heteroatoms. The molecule has 0 saturated carbocycles. The molecule has 94 valence electrons. The van der Waals surface area contributed by atoms with E-state index in [-0.39, 0.29) is 5.38 Å². The highest BCUT2D eigenvalue weighted by molar-refractivity contribution is 6.30. The number of benzene rings is 1. The summed E-state index contributed by atoms with van der Waals surface area (Å²) in [5.74, 6) is 0. The van der Waals surface area contributed by atoms with Crippen LogP contribution in [0.15, 0.2) is 47.1 Å². The molecule has 1 aromatic carbocycles. The Morgan fingerprint density at radius 2 is 2.17 bits per heavy atom. The number of aliphatic imine (C=N–C) groups is 1. The third-order valence-corrected chi connectivity index (χ3v) is 3.80. The zero-order valence-electron chi connectivity index (χ0n) is 10.3. The molecule has 0 bridgehead atoms. The van der Waals surface area contributed by atoms with Gasteiger partial charge in [0.1, 0.15) is 5.38 Å². The van der Waals surface area contributed by atoms with E-state index in [0.29, 0.717) is 0 Å². The Labute approximate surface area is 118 Å². The van der Waals surface area contributed by atoms with E-state index in [9.17, 15) is 0 Å². The van der Waals surface area contributed by atoms with Crippen LogP contribution in [-0.4, -0.2) is 6.21 Å². The molecule has 0 N–H and O–H groups in total. The lowest BCUT2D eigenvalue weighted by Crippen LogP contribution is -1.97. The minimum atomic E-state index is -0.232. The van der Waals surface area contributed by atoms with Crippen LogP contribution in [0.2, 0.25) is 5.02 Å². The second-order valence-electron chi connectivity index (χ2n) is 4.21. The van der Waals surface area contributed by atoms with E-state index in [1.807, 2.05) is 31.2 Å². The van der Waals surface area contributed by atoms with Gasteiger partial charge in [-0.3, -0.25) is 4.99 Å². The molecule has 2 rings (SSSR count). The lowest BCUT2D eigenvalue weighted by molar-refractivity contribution is 0.963. The average Bonchev–Trinajstić information content (AvgIpc) is 2.49. The number of halogens is 2. The Kier molecular flexibility index (Phi) is 4.26. The SMILES string of the molecule is C=CC1=C(N=CC)C(Cl)c2ccc(Cl)cc2CC1. The van der Waals surface area contributed by atoms with Gasteiger partial charge in [-0.2, -0.15) is 0 Å². The molecule has 1 aliphatic rings. The molecule has 1 nitrogen and oxygen atoms in total. The van der Waals surface area contributed by atoms with Crippen molar-refractivity contribution in [2.45, 2.75) is 25.1 Å². The van der Waals surface area contributed by atoms with Gasteiger partial charge in [0.15, 0.2) is 0 Å². The van der Waals surface area contributed by atoms with Crippen LogP contribution in [0.4, 0.5) is 0 Å². The number of hydrogen-bond donors (Lipinski definition) is 0. The zero-order chi connectivity index (χ0) is 13.1. The summed E-state index contributed by atoms with van der Waals surface area (Å²) in [6.45, 7) is 5.75. The van der Waals surface area contributed by atoms with Gasteiger partial charge in [-0.1, -0.05) is 30.3 Å². The van der Waals surface area contributed by atoms with E-state index in [1.165, 1.54) is 5.56 Å². The topological polar surface area (TPSA) is 12.4 Å². The summed E-state index contributed by atoms with van der Waals surface area (Å²) < 4.78 is 0. The smallest absolute Gasteiger partial charge is 0.101 e. The van der Waals surface area contributed by atoms with Gasteiger partial charge in [0.05, 0.1) is 5.70 Å². The van der Waals surface area contributed by atoms with E-state index < -0.39 is 0 Å². The van der Waals surface area contributed by atoms with Gasteiger partial charge < -0.3 is 0 Å². The van der Waals surface area contributed by atoms with Gasteiger partial charge in [-0.25, -0.2) is 0 Å². The highest BCUT2D eigenvalue weighted by Gasteiger charge is 2.22. The van der Waals surface area contributed by atoms with Crippen molar-refractivity contribution in [2.75, 3.05) is 0 Å². The molecular weight excluding hydrogens is 265 g/mol. The summed E-state index contributed by atoms with van der Waals surface area (Å²) in [7, 11) is 0. The highest BCUT2D eigenvalue weighted by Crippen LogP contribution is 2.39. The molecule has 1 unspecified atom stereocenters. The minimum Gasteiger partial charge on any atom is -0.264 e. The van der Waals surface area contributed by atoms with Crippen molar-refractivity contribution in [3.63, 3.8) is 0 Å². The third-order valence-electron chi connectivity index (χ3n) is 3.13. The second-order valence-corrected chi connectivity index (χ2v) is 5.08. The number of aryl methyl sites for hydroxylation is 1. The van der Waals surface area contributed by atoms with Crippen LogP contribution < -0.4 is 0 Å². The number of nitrogens with zero attached hydrogens (tertiary/aromatic N) is 1. The van der Waals surface area contributed by atoms with Crippen LogP contribution in [-0.2, 0) is 6.42 Å². The van der Waals surface area contributed by atoms with E-state index in [0.717, 1.165) is 34.7 Å². The maximum Gasteiger partial charge on any atom is 0.101 e. The molecule has 0 aliphatic heterocycles. The van der Waals surface area contributed by atoms with E-state index in [4.69, 9.17) is 23.2 Å². The Hall–Kier alpha value is -1.05. The molecule has 1 aromatic rings. The molecule has 0 saturated heterocycles. The largest absolute Gasteiger partial charge is 0.264 e. The van der Waals surface area contributed by atoms with Crippen molar-refractivity contribution in [3.05, 3.63) is 58.3 Å². The van der Waals surface area contributed by atoms with Crippen LogP contribution in [0.25, 0.3) is 0 Å². The van der Waals surface area contributed by atoms with Gasteiger partial charge >= 0.3 is 0 Å². The summed E-state index contributed by atoms with van der Waals surface area (Å²) in [5.41, 5.74) is 4.30. The summed E-state index contributed by atoms with van der Waals surface area (Å²) >= 11 is 12.6.